The molecule has 2 aromatic carbocycles. The molecule has 3 rings (SSSR count). The number of benzene rings is 2. The van der Waals surface area contributed by atoms with Crippen LogP contribution in [0, 0.1) is 0 Å². The summed E-state index contributed by atoms with van der Waals surface area (Å²) in [5, 5.41) is 4.50. The number of alkyl halides is 3. The van der Waals surface area contributed by atoms with Gasteiger partial charge in [-0.25, -0.2) is 4.79 Å². The van der Waals surface area contributed by atoms with Gasteiger partial charge in [-0.15, -0.1) is 0 Å². The van der Waals surface area contributed by atoms with E-state index in [0.717, 1.165) is 5.56 Å². The maximum atomic E-state index is 12.6. The molecule has 0 fully saturated rings. The maximum Gasteiger partial charge on any atom is 0.405 e. The van der Waals surface area contributed by atoms with Crippen molar-refractivity contribution in [2.24, 2.45) is 0 Å². The Balaban J connectivity index is 1.58. The Morgan fingerprint density at radius 1 is 1.07 bits per heavy atom. The van der Waals surface area contributed by atoms with Crippen LogP contribution in [0.25, 0.3) is 0 Å². The molecule has 2 aromatic rings. The molecule has 0 aliphatic carbocycles. The predicted molar refractivity (Wildman–Crippen MR) is 102 cm³/mol. The second-order valence-electron chi connectivity index (χ2n) is 6.51. The lowest BCUT2D eigenvalue weighted by molar-refractivity contribution is -0.123. The molecule has 0 bridgehead atoms. The van der Waals surface area contributed by atoms with Gasteiger partial charge in [0.05, 0.1) is 0 Å². The van der Waals surface area contributed by atoms with Crippen LogP contribution in [0.5, 0.6) is 11.5 Å². The molecule has 0 aromatic heterocycles. The molecule has 3 amide bonds. The summed E-state index contributed by atoms with van der Waals surface area (Å²) in [7, 11) is 0. The van der Waals surface area contributed by atoms with Crippen molar-refractivity contribution in [3.8, 4) is 11.5 Å². The minimum atomic E-state index is -4.48. The second kappa shape index (κ2) is 8.93. The largest absolute Gasteiger partial charge is 0.454 e. The molecule has 0 saturated carbocycles. The number of rotatable bonds is 6. The molecule has 160 valence electrons. The highest BCUT2D eigenvalue weighted by molar-refractivity contribution is 5.95. The first-order chi connectivity index (χ1) is 14.2. The summed E-state index contributed by atoms with van der Waals surface area (Å²) in [5.74, 6) is 0.442. The van der Waals surface area contributed by atoms with Crippen LogP contribution in [0.2, 0.25) is 0 Å². The van der Waals surface area contributed by atoms with Gasteiger partial charge in [-0.1, -0.05) is 6.07 Å². The maximum absolute atomic E-state index is 12.6. The van der Waals surface area contributed by atoms with Crippen LogP contribution >= 0.6 is 0 Å². The Labute approximate surface area is 170 Å². The Hall–Kier alpha value is -3.43. The third-order valence-electron chi connectivity index (χ3n) is 4.33. The monoisotopic (exact) mass is 423 g/mol. The zero-order valence-electron chi connectivity index (χ0n) is 16.1. The van der Waals surface area contributed by atoms with Crippen LogP contribution in [0.3, 0.4) is 0 Å². The van der Waals surface area contributed by atoms with Gasteiger partial charge in [0.2, 0.25) is 6.79 Å². The van der Waals surface area contributed by atoms with Gasteiger partial charge < -0.3 is 25.0 Å². The fourth-order valence-corrected chi connectivity index (χ4v) is 2.78. The summed E-state index contributed by atoms with van der Waals surface area (Å²) in [6.45, 7) is 1.38. The summed E-state index contributed by atoms with van der Waals surface area (Å²) in [6, 6.07) is 10.7. The number of halogens is 3. The molecule has 1 aliphatic rings. The Morgan fingerprint density at radius 3 is 2.43 bits per heavy atom. The quantitative estimate of drug-likeness (QED) is 0.742. The zero-order chi connectivity index (χ0) is 21.7. The molecule has 0 spiro atoms. The van der Waals surface area contributed by atoms with Crippen molar-refractivity contribution in [3.05, 3.63) is 53.6 Å². The third-order valence-corrected chi connectivity index (χ3v) is 4.33. The highest BCUT2D eigenvalue weighted by Gasteiger charge is 2.27. The number of urea groups is 1. The lowest BCUT2D eigenvalue weighted by atomic mass is 10.2. The number of anilines is 1. The highest BCUT2D eigenvalue weighted by atomic mass is 19.4. The van der Waals surface area contributed by atoms with Crippen molar-refractivity contribution in [2.75, 3.05) is 25.2 Å². The van der Waals surface area contributed by atoms with E-state index >= 15 is 0 Å². The van der Waals surface area contributed by atoms with Crippen molar-refractivity contribution in [2.45, 2.75) is 19.6 Å². The number of amides is 3. The number of hydrogen-bond acceptors (Lipinski definition) is 4. The van der Waals surface area contributed by atoms with Gasteiger partial charge in [0.25, 0.3) is 5.91 Å². The topological polar surface area (TPSA) is 79.9 Å². The van der Waals surface area contributed by atoms with Gasteiger partial charge >= 0.3 is 12.2 Å². The number of ether oxygens (including phenoxy) is 2. The first kappa shape index (κ1) is 21.3. The minimum Gasteiger partial charge on any atom is -0.454 e. The average Bonchev–Trinajstić information content (AvgIpc) is 3.18. The van der Waals surface area contributed by atoms with Crippen molar-refractivity contribution in [3.63, 3.8) is 0 Å². The zero-order valence-corrected chi connectivity index (χ0v) is 16.1. The summed E-state index contributed by atoms with van der Waals surface area (Å²) < 4.78 is 47.2. The number of fused-ring (bicyclic) bond motifs is 1. The van der Waals surface area contributed by atoms with Crippen molar-refractivity contribution in [1.29, 1.82) is 0 Å². The van der Waals surface area contributed by atoms with Crippen LogP contribution in [-0.2, 0) is 6.54 Å². The standard InChI is InChI=1S/C20H20F3N3O4/c1-2-26(10-13-3-8-16-17(9-13)30-12-29-16)19(28)25-15-6-4-14(5-7-15)18(27)24-11-20(21,22)23/h3-9H,2,10-12H2,1H3,(H,24,27)(H,25,28). The number of carbonyl (C=O) groups excluding carboxylic acids is 2. The molecule has 1 aliphatic heterocycles. The SMILES string of the molecule is CCN(Cc1ccc2c(c1)OCO2)C(=O)Nc1ccc(C(=O)NCC(F)(F)F)cc1. The van der Waals surface area contributed by atoms with E-state index in [4.69, 9.17) is 9.47 Å². The molecule has 0 unspecified atom stereocenters. The van der Waals surface area contributed by atoms with Crippen LogP contribution in [0.15, 0.2) is 42.5 Å². The molecule has 1 heterocycles. The average molecular weight is 423 g/mol. The minimum absolute atomic E-state index is 0.0601. The van der Waals surface area contributed by atoms with Gasteiger partial charge in [0.15, 0.2) is 11.5 Å². The fourth-order valence-electron chi connectivity index (χ4n) is 2.78. The van der Waals surface area contributed by atoms with E-state index in [-0.39, 0.29) is 18.4 Å². The van der Waals surface area contributed by atoms with Crippen LogP contribution in [0.1, 0.15) is 22.8 Å². The lowest BCUT2D eigenvalue weighted by Gasteiger charge is -2.21. The first-order valence-electron chi connectivity index (χ1n) is 9.14. The van der Waals surface area contributed by atoms with E-state index < -0.39 is 18.6 Å². The van der Waals surface area contributed by atoms with Crippen LogP contribution in [0.4, 0.5) is 23.7 Å². The molecule has 2 N–H and O–H groups in total. The van der Waals surface area contributed by atoms with Crippen molar-refractivity contribution >= 4 is 17.6 Å². The van der Waals surface area contributed by atoms with Gasteiger partial charge in [0, 0.05) is 24.3 Å². The molecule has 30 heavy (non-hydrogen) atoms. The van der Waals surface area contributed by atoms with E-state index in [1.54, 1.807) is 16.3 Å². The van der Waals surface area contributed by atoms with E-state index in [1.807, 2.05) is 19.1 Å². The van der Waals surface area contributed by atoms with E-state index in [9.17, 15) is 22.8 Å². The molecule has 0 atom stereocenters. The predicted octanol–water partition coefficient (Wildman–Crippen LogP) is 3.76. The number of nitrogens with one attached hydrogen (secondary N) is 2. The summed E-state index contributed by atoms with van der Waals surface area (Å²) in [5.41, 5.74) is 1.34. The molecule has 7 nitrogen and oxygen atoms in total. The van der Waals surface area contributed by atoms with E-state index in [1.165, 1.54) is 24.3 Å². The van der Waals surface area contributed by atoms with Crippen molar-refractivity contribution < 1.29 is 32.2 Å². The molecular formula is C20H20F3N3O4. The lowest BCUT2D eigenvalue weighted by Crippen LogP contribution is -2.34. The van der Waals surface area contributed by atoms with Gasteiger partial charge in [-0.3, -0.25) is 4.79 Å². The first-order valence-corrected chi connectivity index (χ1v) is 9.14. The van der Waals surface area contributed by atoms with Crippen molar-refractivity contribution in [1.82, 2.24) is 10.2 Å². The third kappa shape index (κ3) is 5.56. The second-order valence-corrected chi connectivity index (χ2v) is 6.51. The summed E-state index contributed by atoms with van der Waals surface area (Å²) >= 11 is 0. The molecule has 0 radical (unpaired) electrons. The van der Waals surface area contributed by atoms with Gasteiger partial charge in [-0.2, -0.15) is 13.2 Å². The number of hydrogen-bond donors (Lipinski definition) is 2. The smallest absolute Gasteiger partial charge is 0.405 e. The Bertz CT molecular complexity index is 917. The van der Waals surface area contributed by atoms with Crippen LogP contribution < -0.4 is 20.1 Å². The molecular weight excluding hydrogens is 403 g/mol. The van der Waals surface area contributed by atoms with E-state index in [0.29, 0.717) is 30.3 Å². The Morgan fingerprint density at radius 2 is 1.77 bits per heavy atom. The number of nitrogens with zero attached hydrogens (tertiary/aromatic N) is 1. The molecule has 0 saturated heterocycles. The highest BCUT2D eigenvalue weighted by Crippen LogP contribution is 2.32. The van der Waals surface area contributed by atoms with E-state index in [2.05, 4.69) is 5.32 Å². The van der Waals surface area contributed by atoms with Gasteiger partial charge in [-0.05, 0) is 48.9 Å². The summed E-state index contributed by atoms with van der Waals surface area (Å²) in [6.07, 6.45) is -4.48. The Kier molecular flexibility index (Phi) is 6.34. The van der Waals surface area contributed by atoms with Crippen LogP contribution in [-0.4, -0.2) is 42.9 Å². The summed E-state index contributed by atoms with van der Waals surface area (Å²) in [4.78, 5) is 25.9. The molecule has 10 heteroatoms. The fraction of sp³-hybridized carbons (Fsp3) is 0.300. The normalized spacial score (nSPS) is 12.4. The van der Waals surface area contributed by atoms with Gasteiger partial charge in [0.1, 0.15) is 6.54 Å². The number of carbonyl (C=O) groups is 2.